The number of halogens is 1. The van der Waals surface area contributed by atoms with Crippen molar-refractivity contribution in [3.8, 4) is 0 Å². The zero-order chi connectivity index (χ0) is 14.4. The number of aromatic nitrogens is 2. The Morgan fingerprint density at radius 1 is 1.15 bits per heavy atom. The maximum absolute atomic E-state index is 13.1. The highest BCUT2D eigenvalue weighted by atomic mass is 19.1. The van der Waals surface area contributed by atoms with E-state index in [9.17, 15) is 4.39 Å². The molecule has 2 rings (SSSR count). The molecule has 20 heavy (non-hydrogen) atoms. The third-order valence-corrected chi connectivity index (χ3v) is 2.79. The van der Waals surface area contributed by atoms with Crippen molar-refractivity contribution in [1.29, 1.82) is 0 Å². The molecule has 106 valence electrons. The van der Waals surface area contributed by atoms with Crippen LogP contribution in [0.1, 0.15) is 20.3 Å². The first-order valence-corrected chi connectivity index (χ1v) is 6.72. The molecule has 1 aromatic heterocycles. The Balaban J connectivity index is 1.99. The molecule has 0 spiro atoms. The van der Waals surface area contributed by atoms with Gasteiger partial charge in [0.05, 0.1) is 0 Å². The molecule has 1 aromatic carbocycles. The molecule has 0 radical (unpaired) electrons. The highest BCUT2D eigenvalue weighted by Crippen LogP contribution is 2.17. The van der Waals surface area contributed by atoms with Crippen molar-refractivity contribution >= 4 is 17.3 Å². The molecule has 0 amide bonds. The summed E-state index contributed by atoms with van der Waals surface area (Å²) in [5.74, 6) is 1.77. The minimum Gasteiger partial charge on any atom is -0.370 e. The van der Waals surface area contributed by atoms with E-state index >= 15 is 0 Å². The number of nitrogens with zero attached hydrogens (tertiary/aromatic N) is 2. The van der Waals surface area contributed by atoms with E-state index in [1.807, 2.05) is 6.07 Å². The van der Waals surface area contributed by atoms with Crippen molar-refractivity contribution in [1.82, 2.24) is 9.97 Å². The van der Waals surface area contributed by atoms with Crippen LogP contribution in [-0.4, -0.2) is 16.5 Å². The first-order valence-electron chi connectivity index (χ1n) is 6.72. The summed E-state index contributed by atoms with van der Waals surface area (Å²) >= 11 is 0. The summed E-state index contributed by atoms with van der Waals surface area (Å²) in [5, 5.41) is 6.30. The van der Waals surface area contributed by atoms with Gasteiger partial charge in [0.2, 0.25) is 0 Å². The molecule has 0 bridgehead atoms. The number of anilines is 3. The van der Waals surface area contributed by atoms with Gasteiger partial charge in [-0.2, -0.15) is 0 Å². The quantitative estimate of drug-likeness (QED) is 0.840. The van der Waals surface area contributed by atoms with E-state index in [4.69, 9.17) is 0 Å². The Hall–Kier alpha value is -2.17. The monoisotopic (exact) mass is 274 g/mol. The van der Waals surface area contributed by atoms with Gasteiger partial charge in [-0.05, 0) is 30.5 Å². The number of benzene rings is 1. The summed E-state index contributed by atoms with van der Waals surface area (Å²) in [5.41, 5.74) is 0.664. The molecule has 0 aliphatic heterocycles. The van der Waals surface area contributed by atoms with Gasteiger partial charge >= 0.3 is 0 Å². The van der Waals surface area contributed by atoms with E-state index in [0.29, 0.717) is 17.4 Å². The predicted octanol–water partition coefficient (Wildman–Crippen LogP) is 3.82. The largest absolute Gasteiger partial charge is 0.370 e. The molecule has 4 nitrogen and oxygen atoms in total. The summed E-state index contributed by atoms with van der Waals surface area (Å²) in [6, 6.07) is 8.08. The van der Waals surface area contributed by atoms with Crippen molar-refractivity contribution in [2.75, 3.05) is 17.2 Å². The third-order valence-electron chi connectivity index (χ3n) is 2.79. The van der Waals surface area contributed by atoms with Gasteiger partial charge in [0.1, 0.15) is 23.8 Å². The van der Waals surface area contributed by atoms with Gasteiger partial charge in [0, 0.05) is 18.3 Å². The normalized spacial score (nSPS) is 10.6. The summed E-state index contributed by atoms with van der Waals surface area (Å²) in [6.45, 7) is 5.23. The Morgan fingerprint density at radius 2 is 1.95 bits per heavy atom. The minimum atomic E-state index is -0.278. The Morgan fingerprint density at radius 3 is 2.70 bits per heavy atom. The number of hydrogen-bond donors (Lipinski definition) is 2. The van der Waals surface area contributed by atoms with Crippen LogP contribution in [0.15, 0.2) is 36.7 Å². The van der Waals surface area contributed by atoms with Crippen LogP contribution in [0, 0.1) is 11.7 Å². The Kier molecular flexibility index (Phi) is 4.87. The van der Waals surface area contributed by atoms with E-state index in [0.717, 1.165) is 18.8 Å². The van der Waals surface area contributed by atoms with Crippen molar-refractivity contribution in [3.63, 3.8) is 0 Å². The summed E-state index contributed by atoms with van der Waals surface area (Å²) in [6.07, 6.45) is 2.57. The highest BCUT2D eigenvalue weighted by Gasteiger charge is 2.01. The van der Waals surface area contributed by atoms with Crippen LogP contribution in [0.3, 0.4) is 0 Å². The molecule has 0 aliphatic rings. The van der Waals surface area contributed by atoms with Gasteiger partial charge in [-0.1, -0.05) is 19.9 Å². The molecule has 0 saturated heterocycles. The highest BCUT2D eigenvalue weighted by molar-refractivity contribution is 5.58. The second-order valence-electron chi connectivity index (χ2n) is 5.03. The molecular weight excluding hydrogens is 255 g/mol. The minimum absolute atomic E-state index is 0.278. The van der Waals surface area contributed by atoms with E-state index in [2.05, 4.69) is 34.4 Å². The maximum atomic E-state index is 13.1. The van der Waals surface area contributed by atoms with Crippen LogP contribution in [0.4, 0.5) is 21.7 Å². The van der Waals surface area contributed by atoms with Gasteiger partial charge < -0.3 is 10.6 Å². The van der Waals surface area contributed by atoms with Gasteiger partial charge in [0.15, 0.2) is 0 Å². The average Bonchev–Trinajstić information content (AvgIpc) is 2.39. The van der Waals surface area contributed by atoms with Crippen molar-refractivity contribution < 1.29 is 4.39 Å². The summed E-state index contributed by atoms with van der Waals surface area (Å²) in [4.78, 5) is 8.28. The Bertz CT molecular complexity index is 557. The lowest BCUT2D eigenvalue weighted by Crippen LogP contribution is -2.07. The van der Waals surface area contributed by atoms with Crippen molar-refractivity contribution in [3.05, 3.63) is 42.5 Å². The van der Waals surface area contributed by atoms with Gasteiger partial charge in [-0.15, -0.1) is 0 Å². The van der Waals surface area contributed by atoms with Crippen molar-refractivity contribution in [2.45, 2.75) is 20.3 Å². The van der Waals surface area contributed by atoms with E-state index in [1.54, 1.807) is 12.1 Å². The lowest BCUT2D eigenvalue weighted by atomic mass is 10.1. The first kappa shape index (κ1) is 14.2. The number of rotatable bonds is 6. The first-order chi connectivity index (χ1) is 9.63. The maximum Gasteiger partial charge on any atom is 0.135 e. The SMILES string of the molecule is CC(C)CCNc1cc(Nc2cccc(F)c2)ncn1. The van der Waals surface area contributed by atoms with Crippen LogP contribution >= 0.6 is 0 Å². The molecule has 0 aliphatic carbocycles. The standard InChI is InChI=1S/C15H19FN4/c1-11(2)6-7-17-14-9-15(19-10-18-14)20-13-5-3-4-12(16)8-13/h3-5,8-11H,6-7H2,1-2H3,(H2,17,18,19,20). The zero-order valence-corrected chi connectivity index (χ0v) is 11.7. The molecular formula is C15H19FN4. The lowest BCUT2D eigenvalue weighted by molar-refractivity contribution is 0.606. The van der Waals surface area contributed by atoms with Crippen LogP contribution in [-0.2, 0) is 0 Å². The fourth-order valence-electron chi connectivity index (χ4n) is 1.73. The summed E-state index contributed by atoms with van der Waals surface area (Å²) < 4.78 is 13.1. The summed E-state index contributed by atoms with van der Waals surface area (Å²) in [7, 11) is 0. The molecule has 0 saturated carbocycles. The van der Waals surface area contributed by atoms with Gasteiger partial charge in [0.25, 0.3) is 0 Å². The lowest BCUT2D eigenvalue weighted by Gasteiger charge is -2.09. The number of hydrogen-bond acceptors (Lipinski definition) is 4. The second-order valence-corrected chi connectivity index (χ2v) is 5.03. The molecule has 5 heteroatoms. The molecule has 1 heterocycles. The second kappa shape index (κ2) is 6.84. The van der Waals surface area contributed by atoms with Crippen LogP contribution < -0.4 is 10.6 Å². The smallest absolute Gasteiger partial charge is 0.135 e. The molecule has 2 N–H and O–H groups in total. The van der Waals surface area contributed by atoms with Gasteiger partial charge in [-0.25, -0.2) is 14.4 Å². The van der Waals surface area contributed by atoms with E-state index in [-0.39, 0.29) is 5.82 Å². The Labute approximate surface area is 118 Å². The van der Waals surface area contributed by atoms with Crippen molar-refractivity contribution in [2.24, 2.45) is 5.92 Å². The number of nitrogens with one attached hydrogen (secondary N) is 2. The molecule has 0 fully saturated rings. The fourth-order valence-corrected chi connectivity index (χ4v) is 1.73. The van der Waals surface area contributed by atoms with E-state index in [1.165, 1.54) is 18.5 Å². The van der Waals surface area contributed by atoms with Crippen LogP contribution in [0.2, 0.25) is 0 Å². The predicted molar refractivity (Wildman–Crippen MR) is 79.7 cm³/mol. The van der Waals surface area contributed by atoms with Gasteiger partial charge in [-0.3, -0.25) is 0 Å². The van der Waals surface area contributed by atoms with Crippen LogP contribution in [0.5, 0.6) is 0 Å². The molecule has 0 atom stereocenters. The average molecular weight is 274 g/mol. The zero-order valence-electron chi connectivity index (χ0n) is 11.7. The molecule has 2 aromatic rings. The fraction of sp³-hybridized carbons (Fsp3) is 0.333. The van der Waals surface area contributed by atoms with Crippen LogP contribution in [0.25, 0.3) is 0 Å². The third kappa shape index (κ3) is 4.50. The molecule has 0 unspecified atom stereocenters. The van der Waals surface area contributed by atoms with E-state index < -0.39 is 0 Å². The topological polar surface area (TPSA) is 49.8 Å².